The molecule has 0 saturated carbocycles. The van der Waals surface area contributed by atoms with Crippen LogP contribution in [0.5, 0.6) is 5.75 Å². The topological polar surface area (TPSA) is 67.8 Å². The lowest BCUT2D eigenvalue weighted by Gasteiger charge is -2.06. The fourth-order valence-corrected chi connectivity index (χ4v) is 1.56. The molecule has 1 rings (SSSR count). The molecule has 19 heavy (non-hydrogen) atoms. The number of benzene rings is 1. The summed E-state index contributed by atoms with van der Waals surface area (Å²) in [6, 6.07) is 6.71. The standard InChI is InChI=1S/C14H21NO4/c1-18-8-9-19-7-3-6-15-14(17)11-12-4-2-5-13(16)10-12/h2,4-5,10,16H,3,6-9,11H2,1H3,(H,15,17). The van der Waals surface area contributed by atoms with Gasteiger partial charge in [0, 0.05) is 20.3 Å². The average Bonchev–Trinajstić information content (AvgIpc) is 2.37. The number of carbonyl (C=O) groups excluding carboxylic acids is 1. The summed E-state index contributed by atoms with van der Waals surface area (Å²) in [5.41, 5.74) is 0.800. The lowest BCUT2D eigenvalue weighted by Crippen LogP contribution is -2.26. The Bertz CT molecular complexity index is 381. The molecule has 0 heterocycles. The Labute approximate surface area is 113 Å². The van der Waals surface area contributed by atoms with Gasteiger partial charge in [-0.05, 0) is 24.1 Å². The summed E-state index contributed by atoms with van der Waals surface area (Å²) >= 11 is 0. The molecule has 1 aromatic rings. The summed E-state index contributed by atoms with van der Waals surface area (Å²) in [7, 11) is 1.63. The fraction of sp³-hybridized carbons (Fsp3) is 0.500. The molecule has 0 aliphatic rings. The van der Waals surface area contributed by atoms with Crippen molar-refractivity contribution >= 4 is 5.91 Å². The molecule has 5 nitrogen and oxygen atoms in total. The van der Waals surface area contributed by atoms with Crippen LogP contribution in [0.4, 0.5) is 0 Å². The van der Waals surface area contributed by atoms with Crippen molar-refractivity contribution in [2.24, 2.45) is 0 Å². The first-order valence-electron chi connectivity index (χ1n) is 6.33. The van der Waals surface area contributed by atoms with Crippen LogP contribution in [0, 0.1) is 0 Å². The number of phenols is 1. The van der Waals surface area contributed by atoms with Gasteiger partial charge in [-0.3, -0.25) is 4.79 Å². The van der Waals surface area contributed by atoms with Crippen LogP contribution in [-0.4, -0.2) is 44.5 Å². The highest BCUT2D eigenvalue weighted by molar-refractivity contribution is 5.78. The quantitative estimate of drug-likeness (QED) is 0.658. The molecule has 0 fully saturated rings. The summed E-state index contributed by atoms with van der Waals surface area (Å²) in [5.74, 6) is 0.124. The van der Waals surface area contributed by atoms with Crippen LogP contribution in [0.15, 0.2) is 24.3 Å². The molecule has 0 aliphatic heterocycles. The maximum Gasteiger partial charge on any atom is 0.224 e. The van der Waals surface area contributed by atoms with E-state index in [0.29, 0.717) is 26.4 Å². The van der Waals surface area contributed by atoms with Gasteiger partial charge in [0.15, 0.2) is 0 Å². The molecule has 2 N–H and O–H groups in total. The van der Waals surface area contributed by atoms with Gasteiger partial charge in [-0.15, -0.1) is 0 Å². The monoisotopic (exact) mass is 267 g/mol. The Balaban J connectivity index is 2.08. The number of carbonyl (C=O) groups is 1. The smallest absolute Gasteiger partial charge is 0.224 e. The number of methoxy groups -OCH3 is 1. The van der Waals surface area contributed by atoms with Crippen LogP contribution < -0.4 is 5.32 Å². The van der Waals surface area contributed by atoms with Crippen LogP contribution in [0.3, 0.4) is 0 Å². The Morgan fingerprint density at radius 1 is 1.32 bits per heavy atom. The van der Waals surface area contributed by atoms with Gasteiger partial charge in [0.1, 0.15) is 5.75 Å². The molecule has 0 bridgehead atoms. The molecule has 1 aromatic carbocycles. The second-order valence-electron chi connectivity index (χ2n) is 4.16. The van der Waals surface area contributed by atoms with Gasteiger partial charge in [0.05, 0.1) is 19.6 Å². The van der Waals surface area contributed by atoms with Gasteiger partial charge >= 0.3 is 0 Å². The first kappa shape index (κ1) is 15.5. The number of aromatic hydroxyl groups is 1. The van der Waals surface area contributed by atoms with Gasteiger partial charge in [0.2, 0.25) is 5.91 Å². The zero-order valence-corrected chi connectivity index (χ0v) is 11.2. The number of amides is 1. The van der Waals surface area contributed by atoms with Crippen molar-refractivity contribution in [1.82, 2.24) is 5.32 Å². The normalized spacial score (nSPS) is 10.4. The number of hydrogen-bond donors (Lipinski definition) is 2. The fourth-order valence-electron chi connectivity index (χ4n) is 1.56. The molecule has 0 atom stereocenters. The van der Waals surface area contributed by atoms with Gasteiger partial charge < -0.3 is 19.9 Å². The van der Waals surface area contributed by atoms with Crippen molar-refractivity contribution in [2.75, 3.05) is 33.5 Å². The van der Waals surface area contributed by atoms with Gasteiger partial charge in [-0.2, -0.15) is 0 Å². The predicted molar refractivity (Wildman–Crippen MR) is 72.1 cm³/mol. The molecule has 0 unspecified atom stereocenters. The zero-order chi connectivity index (χ0) is 13.9. The zero-order valence-electron chi connectivity index (χ0n) is 11.2. The lowest BCUT2D eigenvalue weighted by molar-refractivity contribution is -0.120. The minimum atomic E-state index is -0.0532. The highest BCUT2D eigenvalue weighted by Crippen LogP contribution is 2.11. The second kappa shape index (κ2) is 9.35. The molecule has 1 amide bonds. The molecule has 0 aromatic heterocycles. The Morgan fingerprint density at radius 2 is 2.16 bits per heavy atom. The molecule has 0 spiro atoms. The van der Waals surface area contributed by atoms with E-state index < -0.39 is 0 Å². The average molecular weight is 267 g/mol. The summed E-state index contributed by atoms with van der Waals surface area (Å²) < 4.78 is 10.1. The highest BCUT2D eigenvalue weighted by Gasteiger charge is 2.03. The maximum atomic E-state index is 11.6. The van der Waals surface area contributed by atoms with Crippen molar-refractivity contribution in [3.63, 3.8) is 0 Å². The third kappa shape index (κ3) is 7.43. The SMILES string of the molecule is COCCOCCCNC(=O)Cc1cccc(O)c1. The van der Waals surface area contributed by atoms with Crippen molar-refractivity contribution in [1.29, 1.82) is 0 Å². The number of nitrogens with one attached hydrogen (secondary N) is 1. The van der Waals surface area contributed by atoms with Crippen LogP contribution in [0.2, 0.25) is 0 Å². The van der Waals surface area contributed by atoms with Crippen LogP contribution in [0.1, 0.15) is 12.0 Å². The summed E-state index contributed by atoms with van der Waals surface area (Å²) in [5, 5.41) is 12.1. The number of ether oxygens (including phenoxy) is 2. The van der Waals surface area contributed by atoms with Gasteiger partial charge in [-0.25, -0.2) is 0 Å². The summed E-state index contributed by atoms with van der Waals surface area (Å²) in [6.07, 6.45) is 1.05. The molecule has 0 saturated heterocycles. The van der Waals surface area contributed by atoms with E-state index >= 15 is 0 Å². The van der Waals surface area contributed by atoms with E-state index in [1.807, 2.05) is 6.07 Å². The van der Waals surface area contributed by atoms with Crippen molar-refractivity contribution in [3.8, 4) is 5.75 Å². The van der Waals surface area contributed by atoms with E-state index in [1.54, 1.807) is 25.3 Å². The molecular weight excluding hydrogens is 246 g/mol. The third-order valence-electron chi connectivity index (χ3n) is 2.49. The Morgan fingerprint density at radius 3 is 2.89 bits per heavy atom. The minimum Gasteiger partial charge on any atom is -0.508 e. The number of rotatable bonds is 9. The molecule has 0 aliphatic carbocycles. The molecule has 0 radical (unpaired) electrons. The molecule has 5 heteroatoms. The van der Waals surface area contributed by atoms with Crippen molar-refractivity contribution in [3.05, 3.63) is 29.8 Å². The molecular formula is C14H21NO4. The van der Waals surface area contributed by atoms with E-state index in [-0.39, 0.29) is 18.1 Å². The lowest BCUT2D eigenvalue weighted by atomic mass is 10.1. The van der Waals surface area contributed by atoms with Crippen LogP contribution in [-0.2, 0) is 20.7 Å². The van der Waals surface area contributed by atoms with Crippen molar-refractivity contribution < 1.29 is 19.4 Å². The van der Waals surface area contributed by atoms with Crippen LogP contribution in [0.25, 0.3) is 0 Å². The minimum absolute atomic E-state index is 0.0532. The first-order valence-corrected chi connectivity index (χ1v) is 6.33. The van der Waals surface area contributed by atoms with Gasteiger partial charge in [0.25, 0.3) is 0 Å². The van der Waals surface area contributed by atoms with Crippen LogP contribution >= 0.6 is 0 Å². The summed E-state index contributed by atoms with van der Waals surface area (Å²) in [4.78, 5) is 11.6. The Hall–Kier alpha value is -1.59. The number of phenolic OH excluding ortho intramolecular Hbond substituents is 1. The van der Waals surface area contributed by atoms with E-state index in [2.05, 4.69) is 5.32 Å². The number of hydrogen-bond acceptors (Lipinski definition) is 4. The van der Waals surface area contributed by atoms with Crippen molar-refractivity contribution in [2.45, 2.75) is 12.8 Å². The summed E-state index contributed by atoms with van der Waals surface area (Å²) in [6.45, 7) is 2.36. The highest BCUT2D eigenvalue weighted by atomic mass is 16.5. The first-order chi connectivity index (χ1) is 9.22. The van der Waals surface area contributed by atoms with E-state index in [9.17, 15) is 9.90 Å². The predicted octanol–water partition coefficient (Wildman–Crippen LogP) is 1.10. The van der Waals surface area contributed by atoms with E-state index in [4.69, 9.17) is 9.47 Å². The largest absolute Gasteiger partial charge is 0.508 e. The van der Waals surface area contributed by atoms with E-state index in [1.165, 1.54) is 0 Å². The second-order valence-corrected chi connectivity index (χ2v) is 4.16. The third-order valence-corrected chi connectivity index (χ3v) is 2.49. The molecule has 106 valence electrons. The maximum absolute atomic E-state index is 11.6. The van der Waals surface area contributed by atoms with Gasteiger partial charge in [-0.1, -0.05) is 12.1 Å². The Kier molecular flexibility index (Phi) is 7.62. The van der Waals surface area contributed by atoms with E-state index in [0.717, 1.165) is 12.0 Å².